The molecule has 0 heterocycles. The number of carbonyl (C=O) groups excluding carboxylic acids is 2. The molecule has 1 N–H and O–H groups in total. The van der Waals surface area contributed by atoms with Crippen molar-refractivity contribution in [2.75, 3.05) is 24.5 Å². The number of hydrogen-bond acceptors (Lipinski definition) is 7. The molecular formula is C30H34Cl2N4O7S. The highest BCUT2D eigenvalue weighted by Gasteiger charge is 2.34. The number of anilines is 1. The lowest BCUT2D eigenvalue weighted by molar-refractivity contribution is -0.385. The van der Waals surface area contributed by atoms with Crippen molar-refractivity contribution in [3.8, 4) is 5.75 Å². The Kier molecular flexibility index (Phi) is 12.0. The largest absolute Gasteiger partial charge is 0.497 e. The van der Waals surface area contributed by atoms with E-state index in [1.54, 1.807) is 19.1 Å². The van der Waals surface area contributed by atoms with Crippen LogP contribution in [0, 0.1) is 17.0 Å². The van der Waals surface area contributed by atoms with Gasteiger partial charge in [0.15, 0.2) is 0 Å². The third-order valence-corrected chi connectivity index (χ3v) is 9.25. The summed E-state index contributed by atoms with van der Waals surface area (Å²) in [5, 5.41) is 15.1. The lowest BCUT2D eigenvalue weighted by atomic mass is 10.1. The number of halogens is 2. The van der Waals surface area contributed by atoms with Crippen LogP contribution in [-0.4, -0.2) is 56.3 Å². The number of nitrogens with one attached hydrogen (secondary N) is 1. The van der Waals surface area contributed by atoms with Crippen molar-refractivity contribution in [2.24, 2.45) is 0 Å². The number of sulfonamides is 1. The van der Waals surface area contributed by atoms with Crippen LogP contribution in [0.3, 0.4) is 0 Å². The van der Waals surface area contributed by atoms with Gasteiger partial charge < -0.3 is 15.0 Å². The number of nitro benzene ring substituents is 1. The second kappa shape index (κ2) is 15.2. The Balaban J connectivity index is 2.13. The molecule has 0 aliphatic carbocycles. The Morgan fingerprint density at radius 1 is 1.05 bits per heavy atom. The number of aryl methyl sites for hydroxylation is 1. The summed E-state index contributed by atoms with van der Waals surface area (Å²) in [6.45, 7) is 4.68. The van der Waals surface area contributed by atoms with Crippen molar-refractivity contribution in [1.82, 2.24) is 10.2 Å². The van der Waals surface area contributed by atoms with Crippen molar-refractivity contribution >= 4 is 56.4 Å². The Morgan fingerprint density at radius 2 is 1.73 bits per heavy atom. The molecule has 14 heteroatoms. The van der Waals surface area contributed by atoms with Crippen molar-refractivity contribution in [3.05, 3.63) is 92.0 Å². The molecule has 0 aromatic heterocycles. The Morgan fingerprint density at radius 3 is 2.30 bits per heavy atom. The average Bonchev–Trinajstić information content (AvgIpc) is 2.99. The van der Waals surface area contributed by atoms with Crippen LogP contribution in [0.4, 0.5) is 11.4 Å². The number of hydrogen-bond donors (Lipinski definition) is 1. The molecule has 0 aliphatic rings. The zero-order valence-corrected chi connectivity index (χ0v) is 27.1. The third kappa shape index (κ3) is 8.19. The lowest BCUT2D eigenvalue weighted by Gasteiger charge is -2.33. The van der Waals surface area contributed by atoms with Crippen LogP contribution >= 0.6 is 23.2 Å². The van der Waals surface area contributed by atoms with Crippen LogP contribution in [0.15, 0.2) is 65.6 Å². The normalized spacial score (nSPS) is 11.9. The van der Waals surface area contributed by atoms with Gasteiger partial charge in [-0.25, -0.2) is 8.42 Å². The number of amides is 2. The second-order valence-electron chi connectivity index (χ2n) is 9.89. The van der Waals surface area contributed by atoms with E-state index in [0.29, 0.717) is 29.3 Å². The molecule has 1 atom stereocenters. The maximum atomic E-state index is 14.2. The minimum absolute atomic E-state index is 0.107. The van der Waals surface area contributed by atoms with Gasteiger partial charge in [-0.2, -0.15) is 0 Å². The molecule has 2 amide bonds. The van der Waals surface area contributed by atoms with E-state index >= 15 is 0 Å². The third-order valence-electron chi connectivity index (χ3n) is 6.90. The van der Waals surface area contributed by atoms with Crippen LogP contribution in [-0.2, 0) is 26.2 Å². The fourth-order valence-corrected chi connectivity index (χ4v) is 6.37. The first-order valence-electron chi connectivity index (χ1n) is 13.8. The van der Waals surface area contributed by atoms with E-state index in [9.17, 15) is 28.1 Å². The summed E-state index contributed by atoms with van der Waals surface area (Å²) in [6.07, 6.45) is 0.900. The quantitative estimate of drug-likeness (QED) is 0.171. The Labute approximate surface area is 266 Å². The highest BCUT2D eigenvalue weighted by molar-refractivity contribution is 7.92. The maximum absolute atomic E-state index is 14.2. The summed E-state index contributed by atoms with van der Waals surface area (Å²) in [5.74, 6) is -0.655. The topological polar surface area (TPSA) is 139 Å². The molecule has 3 aromatic carbocycles. The summed E-state index contributed by atoms with van der Waals surface area (Å²) in [4.78, 5) is 39.2. The molecule has 0 saturated heterocycles. The first-order valence-corrected chi connectivity index (χ1v) is 16.0. The number of rotatable bonds is 14. The number of methoxy groups -OCH3 is 1. The molecule has 3 rings (SSSR count). The van der Waals surface area contributed by atoms with Crippen LogP contribution < -0.4 is 14.4 Å². The van der Waals surface area contributed by atoms with Gasteiger partial charge in [0.05, 0.1) is 22.6 Å². The predicted molar refractivity (Wildman–Crippen MR) is 170 cm³/mol. The molecule has 44 heavy (non-hydrogen) atoms. The van der Waals surface area contributed by atoms with Gasteiger partial charge >= 0.3 is 0 Å². The molecular weight excluding hydrogens is 631 g/mol. The minimum Gasteiger partial charge on any atom is -0.497 e. The maximum Gasteiger partial charge on any atom is 0.273 e. The van der Waals surface area contributed by atoms with Crippen LogP contribution in [0.25, 0.3) is 0 Å². The van der Waals surface area contributed by atoms with Crippen LogP contribution in [0.1, 0.15) is 37.8 Å². The number of nitro groups is 1. The fraction of sp³-hybridized carbons (Fsp3) is 0.333. The molecule has 236 valence electrons. The molecule has 0 fully saturated rings. The van der Waals surface area contributed by atoms with Gasteiger partial charge in [0, 0.05) is 34.8 Å². The van der Waals surface area contributed by atoms with E-state index in [1.165, 1.54) is 61.4 Å². The van der Waals surface area contributed by atoms with E-state index in [4.69, 9.17) is 27.9 Å². The summed E-state index contributed by atoms with van der Waals surface area (Å²) in [6, 6.07) is 13.3. The lowest BCUT2D eigenvalue weighted by Crippen LogP contribution is -2.52. The first kappa shape index (κ1) is 34.6. The van der Waals surface area contributed by atoms with Gasteiger partial charge in [0.1, 0.15) is 18.3 Å². The van der Waals surface area contributed by atoms with Gasteiger partial charge in [0.25, 0.3) is 15.7 Å². The Bertz CT molecular complexity index is 1620. The predicted octanol–water partition coefficient (Wildman–Crippen LogP) is 5.75. The molecule has 0 radical (unpaired) electrons. The summed E-state index contributed by atoms with van der Waals surface area (Å²) in [5.41, 5.74) is 0.496. The summed E-state index contributed by atoms with van der Waals surface area (Å²) >= 11 is 12.5. The second-order valence-corrected chi connectivity index (χ2v) is 12.6. The average molecular weight is 666 g/mol. The van der Waals surface area contributed by atoms with Gasteiger partial charge in [-0.05, 0) is 67.8 Å². The fourth-order valence-electron chi connectivity index (χ4n) is 4.47. The number of carbonyl (C=O) groups is 2. The highest BCUT2D eigenvalue weighted by Crippen LogP contribution is 2.30. The molecule has 3 aromatic rings. The standard InChI is InChI=1S/C30H34Cl2N4O7S/c1-5-15-33-30(38)27(6-2)34(18-21-8-9-22(31)16-26(21)32)29(37)19-35(23-10-12-24(43-4)13-11-23)44(41,42)25-14-7-20(3)28(17-25)36(39)40/h7-14,16-17,27H,5-6,15,18-19H2,1-4H3,(H,33,38)/t27-/m1/s1. The van der Waals surface area contributed by atoms with Crippen molar-refractivity contribution in [1.29, 1.82) is 0 Å². The number of nitrogens with zero attached hydrogens (tertiary/aromatic N) is 3. The van der Waals surface area contributed by atoms with Crippen LogP contribution in [0.5, 0.6) is 5.75 Å². The highest BCUT2D eigenvalue weighted by atomic mass is 35.5. The molecule has 0 spiro atoms. The molecule has 11 nitrogen and oxygen atoms in total. The number of benzene rings is 3. The van der Waals surface area contributed by atoms with E-state index < -0.39 is 39.3 Å². The van der Waals surface area contributed by atoms with E-state index in [1.807, 2.05) is 6.92 Å². The van der Waals surface area contributed by atoms with Gasteiger partial charge in [0.2, 0.25) is 11.8 Å². The first-order chi connectivity index (χ1) is 20.8. The van der Waals surface area contributed by atoms with Gasteiger partial charge in [-0.3, -0.25) is 24.0 Å². The minimum atomic E-state index is -4.53. The van der Waals surface area contributed by atoms with Crippen molar-refractivity contribution in [3.63, 3.8) is 0 Å². The molecule has 0 bridgehead atoms. The van der Waals surface area contributed by atoms with Crippen LogP contribution in [0.2, 0.25) is 10.0 Å². The zero-order chi connectivity index (χ0) is 32.6. The molecule has 0 unspecified atom stereocenters. The SMILES string of the molecule is CCCNC(=O)[C@@H](CC)N(Cc1ccc(Cl)cc1Cl)C(=O)CN(c1ccc(OC)cc1)S(=O)(=O)c1ccc(C)c([N+](=O)[O-])c1. The van der Waals surface area contributed by atoms with Crippen molar-refractivity contribution < 1.29 is 27.7 Å². The number of ether oxygens (including phenoxy) is 1. The van der Waals surface area contributed by atoms with Gasteiger partial charge in [-0.15, -0.1) is 0 Å². The molecule has 0 aliphatic heterocycles. The monoisotopic (exact) mass is 664 g/mol. The van der Waals surface area contributed by atoms with E-state index in [-0.39, 0.29) is 39.8 Å². The van der Waals surface area contributed by atoms with Crippen molar-refractivity contribution in [2.45, 2.75) is 51.1 Å². The zero-order valence-electron chi connectivity index (χ0n) is 24.7. The molecule has 0 saturated carbocycles. The van der Waals surface area contributed by atoms with E-state index in [0.717, 1.165) is 10.4 Å². The summed E-state index contributed by atoms with van der Waals surface area (Å²) in [7, 11) is -3.08. The Hall–Kier alpha value is -3.87. The smallest absolute Gasteiger partial charge is 0.273 e. The summed E-state index contributed by atoms with van der Waals surface area (Å²) < 4.78 is 34.2. The van der Waals surface area contributed by atoms with E-state index in [2.05, 4.69) is 5.32 Å². The van der Waals surface area contributed by atoms with Gasteiger partial charge in [-0.1, -0.05) is 49.2 Å².